The minimum Gasteiger partial charge on any atom is -0.480 e. The highest BCUT2D eigenvalue weighted by Gasteiger charge is 2.39. The summed E-state index contributed by atoms with van der Waals surface area (Å²) in [6.45, 7) is 7.54. The van der Waals surface area contributed by atoms with Crippen LogP contribution in [0.1, 0.15) is 79.1 Å². The van der Waals surface area contributed by atoms with Crippen molar-refractivity contribution in [2.75, 3.05) is 6.54 Å². The molecule has 1 N–H and O–H groups in total. The SMILES string of the molecule is CCCCCCC/C=C(\C)[C@H](OC(C)=O)[C@H](C)C(=O)N1CCC[C@H]1C(=O)O. The van der Waals surface area contributed by atoms with E-state index in [2.05, 4.69) is 6.92 Å². The first kappa shape index (κ1) is 23.2. The first-order chi connectivity index (χ1) is 12.8. The molecule has 6 heteroatoms. The number of carbonyl (C=O) groups excluding carboxylic acids is 2. The van der Waals surface area contributed by atoms with Gasteiger partial charge in [-0.15, -0.1) is 0 Å². The standard InChI is InChI=1S/C21H35NO5/c1-5-6-7-8-9-10-12-15(2)19(27-17(4)23)16(3)20(24)22-14-11-13-18(22)21(25)26/h12,16,18-19H,5-11,13-14H2,1-4H3,(H,25,26)/b15-12+/t16-,18-,19-/m0/s1. The minimum absolute atomic E-state index is 0.262. The fourth-order valence-electron chi connectivity index (χ4n) is 3.64. The van der Waals surface area contributed by atoms with Gasteiger partial charge in [0.25, 0.3) is 0 Å². The molecule has 0 radical (unpaired) electrons. The van der Waals surface area contributed by atoms with E-state index >= 15 is 0 Å². The number of hydrogen-bond donors (Lipinski definition) is 1. The molecule has 0 aliphatic carbocycles. The molecule has 0 saturated carbocycles. The average molecular weight is 382 g/mol. The maximum atomic E-state index is 12.9. The topological polar surface area (TPSA) is 83.9 Å². The van der Waals surface area contributed by atoms with Gasteiger partial charge in [0.05, 0.1) is 5.92 Å². The summed E-state index contributed by atoms with van der Waals surface area (Å²) in [6, 6.07) is -0.777. The number of aliphatic carboxylic acids is 1. The van der Waals surface area contributed by atoms with Gasteiger partial charge in [-0.1, -0.05) is 38.7 Å². The summed E-state index contributed by atoms with van der Waals surface area (Å²) in [5.74, 6) is -2.28. The van der Waals surface area contributed by atoms with Crippen LogP contribution in [0, 0.1) is 5.92 Å². The number of carbonyl (C=O) groups is 3. The Kier molecular flexibility index (Phi) is 10.1. The normalized spacial score (nSPS) is 19.6. The van der Waals surface area contributed by atoms with Crippen LogP contribution in [0.3, 0.4) is 0 Å². The quantitative estimate of drug-likeness (QED) is 0.333. The van der Waals surface area contributed by atoms with Gasteiger partial charge < -0.3 is 14.7 Å². The Balaban J connectivity index is 2.77. The molecule has 0 aromatic heterocycles. The van der Waals surface area contributed by atoms with E-state index in [9.17, 15) is 19.5 Å². The number of rotatable bonds is 11. The maximum Gasteiger partial charge on any atom is 0.326 e. The number of nitrogens with zero attached hydrogens (tertiary/aromatic N) is 1. The third-order valence-electron chi connectivity index (χ3n) is 5.18. The van der Waals surface area contributed by atoms with Crippen molar-refractivity contribution in [2.24, 2.45) is 5.92 Å². The summed E-state index contributed by atoms with van der Waals surface area (Å²) in [5, 5.41) is 9.32. The lowest BCUT2D eigenvalue weighted by molar-refractivity contribution is -0.155. The predicted molar refractivity (Wildman–Crippen MR) is 104 cm³/mol. The Hall–Kier alpha value is -1.85. The maximum absolute atomic E-state index is 12.9. The smallest absolute Gasteiger partial charge is 0.326 e. The molecular weight excluding hydrogens is 346 g/mol. The van der Waals surface area contributed by atoms with E-state index in [0.717, 1.165) is 18.4 Å². The van der Waals surface area contributed by atoms with Crippen LogP contribution in [-0.2, 0) is 19.1 Å². The molecular formula is C21H35NO5. The van der Waals surface area contributed by atoms with Crippen molar-refractivity contribution in [1.82, 2.24) is 4.90 Å². The third kappa shape index (κ3) is 7.35. The Morgan fingerprint density at radius 2 is 1.85 bits per heavy atom. The second-order valence-electron chi connectivity index (χ2n) is 7.50. The monoisotopic (exact) mass is 381 g/mol. The average Bonchev–Trinajstić information content (AvgIpc) is 3.11. The van der Waals surface area contributed by atoms with Gasteiger partial charge in [-0.25, -0.2) is 4.79 Å². The number of unbranched alkanes of at least 4 members (excludes halogenated alkanes) is 5. The van der Waals surface area contributed by atoms with Crippen molar-refractivity contribution in [3.8, 4) is 0 Å². The number of hydrogen-bond acceptors (Lipinski definition) is 4. The van der Waals surface area contributed by atoms with E-state index in [1.807, 2.05) is 13.0 Å². The molecule has 1 aliphatic rings. The number of allylic oxidation sites excluding steroid dienone is 1. The number of likely N-dealkylation sites (tertiary alicyclic amines) is 1. The molecule has 1 rings (SSSR count). The number of carboxylic acids is 1. The van der Waals surface area contributed by atoms with Crippen LogP contribution in [0.4, 0.5) is 0 Å². The fourth-order valence-corrected chi connectivity index (χ4v) is 3.64. The molecule has 0 aromatic carbocycles. The molecule has 3 atom stereocenters. The van der Waals surface area contributed by atoms with E-state index in [0.29, 0.717) is 19.4 Å². The molecule has 1 aliphatic heterocycles. The van der Waals surface area contributed by atoms with Crippen molar-refractivity contribution in [2.45, 2.75) is 91.2 Å². The summed E-state index contributed by atoms with van der Waals surface area (Å²) in [4.78, 5) is 37.2. The summed E-state index contributed by atoms with van der Waals surface area (Å²) < 4.78 is 5.44. The molecule has 1 amide bonds. The van der Waals surface area contributed by atoms with E-state index in [-0.39, 0.29) is 5.91 Å². The van der Waals surface area contributed by atoms with Crippen LogP contribution in [0.25, 0.3) is 0 Å². The van der Waals surface area contributed by atoms with Crippen molar-refractivity contribution in [3.05, 3.63) is 11.6 Å². The highest BCUT2D eigenvalue weighted by atomic mass is 16.5. The van der Waals surface area contributed by atoms with Gasteiger partial charge in [-0.3, -0.25) is 9.59 Å². The number of amides is 1. The summed E-state index contributed by atoms with van der Waals surface area (Å²) in [6.07, 6.45) is 9.33. The zero-order valence-corrected chi connectivity index (χ0v) is 17.2. The van der Waals surface area contributed by atoms with Gasteiger partial charge in [0.1, 0.15) is 12.1 Å². The summed E-state index contributed by atoms with van der Waals surface area (Å²) >= 11 is 0. The van der Waals surface area contributed by atoms with Crippen LogP contribution in [0.5, 0.6) is 0 Å². The van der Waals surface area contributed by atoms with Gasteiger partial charge in [0.2, 0.25) is 5.91 Å². The van der Waals surface area contributed by atoms with Gasteiger partial charge in [0, 0.05) is 13.5 Å². The Morgan fingerprint density at radius 1 is 1.19 bits per heavy atom. The van der Waals surface area contributed by atoms with E-state index in [1.54, 1.807) is 6.92 Å². The van der Waals surface area contributed by atoms with Crippen LogP contribution < -0.4 is 0 Å². The molecule has 1 saturated heterocycles. The van der Waals surface area contributed by atoms with Gasteiger partial charge in [-0.05, 0) is 45.1 Å². The number of esters is 1. The van der Waals surface area contributed by atoms with E-state index < -0.39 is 30.0 Å². The van der Waals surface area contributed by atoms with Crippen molar-refractivity contribution >= 4 is 17.8 Å². The highest BCUT2D eigenvalue weighted by molar-refractivity contribution is 5.86. The third-order valence-corrected chi connectivity index (χ3v) is 5.18. The fraction of sp³-hybridized carbons (Fsp3) is 0.762. The number of ether oxygens (including phenoxy) is 1. The first-order valence-corrected chi connectivity index (χ1v) is 10.2. The molecule has 0 bridgehead atoms. The highest BCUT2D eigenvalue weighted by Crippen LogP contribution is 2.25. The summed E-state index contributed by atoms with van der Waals surface area (Å²) in [7, 11) is 0. The van der Waals surface area contributed by atoms with E-state index in [1.165, 1.54) is 37.5 Å². The zero-order chi connectivity index (χ0) is 20.4. The second kappa shape index (κ2) is 11.8. The Bertz CT molecular complexity index is 543. The number of carboxylic acid groups (broad SMARTS) is 1. The second-order valence-corrected chi connectivity index (χ2v) is 7.50. The molecule has 1 fully saturated rings. The molecule has 27 heavy (non-hydrogen) atoms. The molecule has 6 nitrogen and oxygen atoms in total. The van der Waals surface area contributed by atoms with Gasteiger partial charge >= 0.3 is 11.9 Å². The summed E-state index contributed by atoms with van der Waals surface area (Å²) in [5.41, 5.74) is 0.854. The molecule has 0 unspecified atom stereocenters. The van der Waals surface area contributed by atoms with Crippen LogP contribution in [0.15, 0.2) is 11.6 Å². The molecule has 154 valence electrons. The lowest BCUT2D eigenvalue weighted by atomic mass is 9.95. The molecule has 0 aromatic rings. The van der Waals surface area contributed by atoms with Crippen molar-refractivity contribution in [1.29, 1.82) is 0 Å². The van der Waals surface area contributed by atoms with Crippen LogP contribution in [0.2, 0.25) is 0 Å². The molecule has 1 heterocycles. The lowest BCUT2D eigenvalue weighted by Gasteiger charge is -2.29. The van der Waals surface area contributed by atoms with Gasteiger partial charge in [-0.2, -0.15) is 0 Å². The molecule has 0 spiro atoms. The largest absolute Gasteiger partial charge is 0.480 e. The van der Waals surface area contributed by atoms with Gasteiger partial charge in [0.15, 0.2) is 0 Å². The van der Waals surface area contributed by atoms with Crippen LogP contribution in [-0.4, -0.2) is 46.5 Å². The van der Waals surface area contributed by atoms with Crippen molar-refractivity contribution in [3.63, 3.8) is 0 Å². The minimum atomic E-state index is -0.976. The lowest BCUT2D eigenvalue weighted by Crippen LogP contribution is -2.46. The van der Waals surface area contributed by atoms with Crippen LogP contribution >= 0.6 is 0 Å². The zero-order valence-electron chi connectivity index (χ0n) is 17.2. The van der Waals surface area contributed by atoms with E-state index in [4.69, 9.17) is 4.74 Å². The first-order valence-electron chi connectivity index (χ1n) is 10.2. The Labute approximate surface area is 162 Å². The Morgan fingerprint density at radius 3 is 2.44 bits per heavy atom. The predicted octanol–water partition coefficient (Wildman–Crippen LogP) is 3.94. The van der Waals surface area contributed by atoms with Crippen molar-refractivity contribution < 1.29 is 24.2 Å².